The Bertz CT molecular complexity index is 159. The molecule has 4 heteroatoms. The van der Waals surface area contributed by atoms with Crippen molar-refractivity contribution in [3.63, 3.8) is 0 Å². The Balaban J connectivity index is 2.16. The molecule has 0 saturated carbocycles. The van der Waals surface area contributed by atoms with Gasteiger partial charge in [0.1, 0.15) is 0 Å². The molecule has 1 fully saturated rings. The minimum absolute atomic E-state index is 0.265. The van der Waals surface area contributed by atoms with Gasteiger partial charge in [0, 0.05) is 11.3 Å². The zero-order valence-corrected chi connectivity index (χ0v) is 10.6. The van der Waals surface area contributed by atoms with Gasteiger partial charge in [0.15, 0.2) is 0 Å². The highest BCUT2D eigenvalue weighted by Gasteiger charge is 2.17. The van der Waals surface area contributed by atoms with E-state index in [2.05, 4.69) is 23.8 Å². The molecule has 0 radical (unpaired) electrons. The predicted octanol–water partition coefficient (Wildman–Crippen LogP) is 0.688. The number of rotatable bonds is 6. The summed E-state index contributed by atoms with van der Waals surface area (Å²) in [5.74, 6) is 0.815. The molecule has 0 aromatic carbocycles. The lowest BCUT2D eigenvalue weighted by Gasteiger charge is -2.27. The van der Waals surface area contributed by atoms with Crippen molar-refractivity contribution in [2.24, 2.45) is 5.92 Å². The van der Waals surface area contributed by atoms with Gasteiger partial charge in [0.05, 0.1) is 6.61 Å². The zero-order chi connectivity index (χ0) is 11.1. The van der Waals surface area contributed by atoms with E-state index in [1.807, 2.05) is 0 Å². The lowest BCUT2D eigenvalue weighted by atomic mass is 9.98. The number of aliphatic hydroxyl groups excluding tert-OH is 1. The summed E-state index contributed by atoms with van der Waals surface area (Å²) in [6.07, 6.45) is 4.62. The number of aliphatic hydroxyl groups is 1. The molecule has 2 unspecified atom stereocenters. The third-order valence-electron chi connectivity index (χ3n) is 3.23. The second kappa shape index (κ2) is 7.49. The van der Waals surface area contributed by atoms with Crippen LogP contribution < -0.4 is 10.6 Å². The van der Waals surface area contributed by atoms with E-state index < -0.39 is 0 Å². The lowest BCUT2D eigenvalue weighted by molar-refractivity contribution is 0.268. The summed E-state index contributed by atoms with van der Waals surface area (Å²) in [5.41, 5.74) is 0. The number of nitrogens with one attached hydrogen (secondary N) is 2. The topological polar surface area (TPSA) is 44.3 Å². The minimum atomic E-state index is 0.265. The maximum Gasteiger partial charge on any atom is 0.0564 e. The van der Waals surface area contributed by atoms with E-state index in [0.717, 1.165) is 25.6 Å². The number of thioether (sulfide) groups is 1. The second-order valence-corrected chi connectivity index (χ2v) is 5.42. The van der Waals surface area contributed by atoms with E-state index >= 15 is 0 Å². The molecule has 3 N–H and O–H groups in total. The molecule has 1 heterocycles. The first-order valence-electron chi connectivity index (χ1n) is 5.85. The quantitative estimate of drug-likeness (QED) is 0.630. The highest BCUT2D eigenvalue weighted by molar-refractivity contribution is 7.99. The summed E-state index contributed by atoms with van der Waals surface area (Å²) in [4.78, 5) is 0. The Morgan fingerprint density at radius 3 is 2.67 bits per heavy atom. The van der Waals surface area contributed by atoms with Crippen LogP contribution >= 0.6 is 11.8 Å². The van der Waals surface area contributed by atoms with Crippen molar-refractivity contribution in [3.05, 3.63) is 0 Å². The maximum atomic E-state index is 9.16. The van der Waals surface area contributed by atoms with Crippen LogP contribution in [0.1, 0.15) is 19.8 Å². The summed E-state index contributed by atoms with van der Waals surface area (Å²) in [5, 5.41) is 16.4. The summed E-state index contributed by atoms with van der Waals surface area (Å²) in [7, 11) is 0. The molecule has 0 amide bonds. The van der Waals surface area contributed by atoms with Crippen LogP contribution in [0.2, 0.25) is 0 Å². The zero-order valence-electron chi connectivity index (χ0n) is 9.83. The van der Waals surface area contributed by atoms with Crippen LogP contribution in [-0.4, -0.2) is 48.9 Å². The first-order chi connectivity index (χ1) is 7.27. The Morgan fingerprint density at radius 2 is 2.13 bits per heavy atom. The van der Waals surface area contributed by atoms with Gasteiger partial charge in [0.2, 0.25) is 0 Å². The maximum absolute atomic E-state index is 9.16. The third-order valence-corrected chi connectivity index (χ3v) is 4.39. The van der Waals surface area contributed by atoms with E-state index in [1.54, 1.807) is 11.8 Å². The molecule has 90 valence electrons. The summed E-state index contributed by atoms with van der Waals surface area (Å²) >= 11 is 1.74. The van der Waals surface area contributed by atoms with Crippen molar-refractivity contribution in [2.45, 2.75) is 31.1 Å². The molecule has 0 bridgehead atoms. The monoisotopic (exact) mass is 232 g/mol. The van der Waals surface area contributed by atoms with Gasteiger partial charge in [0.25, 0.3) is 0 Å². The smallest absolute Gasteiger partial charge is 0.0564 e. The minimum Gasteiger partial charge on any atom is -0.395 e. The molecule has 0 aliphatic carbocycles. The average molecular weight is 232 g/mol. The van der Waals surface area contributed by atoms with E-state index in [1.165, 1.54) is 12.8 Å². The van der Waals surface area contributed by atoms with Crippen molar-refractivity contribution in [3.8, 4) is 0 Å². The van der Waals surface area contributed by atoms with Crippen LogP contribution in [0.4, 0.5) is 0 Å². The van der Waals surface area contributed by atoms with Gasteiger partial charge in [-0.05, 0) is 51.6 Å². The second-order valence-electron chi connectivity index (χ2n) is 4.35. The third kappa shape index (κ3) is 4.72. The van der Waals surface area contributed by atoms with Gasteiger partial charge >= 0.3 is 0 Å². The van der Waals surface area contributed by atoms with Crippen molar-refractivity contribution < 1.29 is 5.11 Å². The van der Waals surface area contributed by atoms with E-state index in [-0.39, 0.29) is 6.61 Å². The van der Waals surface area contributed by atoms with Crippen LogP contribution in [0.25, 0.3) is 0 Å². The van der Waals surface area contributed by atoms with Gasteiger partial charge in [-0.1, -0.05) is 0 Å². The highest BCUT2D eigenvalue weighted by atomic mass is 32.2. The van der Waals surface area contributed by atoms with Gasteiger partial charge in [-0.2, -0.15) is 11.8 Å². The van der Waals surface area contributed by atoms with E-state index in [4.69, 9.17) is 5.11 Å². The molecule has 1 rings (SSSR count). The van der Waals surface area contributed by atoms with Crippen molar-refractivity contribution in [1.29, 1.82) is 0 Å². The van der Waals surface area contributed by atoms with E-state index in [9.17, 15) is 0 Å². The number of hydrogen-bond acceptors (Lipinski definition) is 4. The van der Waals surface area contributed by atoms with Crippen LogP contribution in [0, 0.1) is 5.92 Å². The first-order valence-corrected chi connectivity index (χ1v) is 7.14. The largest absolute Gasteiger partial charge is 0.395 e. The number of piperidine rings is 1. The van der Waals surface area contributed by atoms with Crippen LogP contribution in [0.15, 0.2) is 0 Å². The van der Waals surface area contributed by atoms with Crippen LogP contribution in [0.3, 0.4) is 0 Å². The fourth-order valence-electron chi connectivity index (χ4n) is 2.01. The molecule has 0 aromatic heterocycles. The summed E-state index contributed by atoms with van der Waals surface area (Å²) < 4.78 is 0. The van der Waals surface area contributed by atoms with Crippen molar-refractivity contribution in [2.75, 3.05) is 32.5 Å². The Kier molecular flexibility index (Phi) is 6.64. The molecule has 15 heavy (non-hydrogen) atoms. The summed E-state index contributed by atoms with van der Waals surface area (Å²) in [6, 6.07) is 0.403. The molecule has 3 nitrogen and oxygen atoms in total. The van der Waals surface area contributed by atoms with Gasteiger partial charge < -0.3 is 15.7 Å². The predicted molar refractivity (Wildman–Crippen MR) is 67.4 cm³/mol. The Morgan fingerprint density at radius 1 is 1.47 bits per heavy atom. The molecule has 0 aromatic rings. The fraction of sp³-hybridized carbons (Fsp3) is 1.00. The molecule has 1 aliphatic rings. The van der Waals surface area contributed by atoms with Crippen LogP contribution in [-0.2, 0) is 0 Å². The molecule has 0 spiro atoms. The molecular formula is C11H24N2OS. The van der Waals surface area contributed by atoms with Gasteiger partial charge in [-0.15, -0.1) is 0 Å². The lowest BCUT2D eigenvalue weighted by Crippen LogP contribution is -2.42. The normalized spacial score (nSPS) is 22.6. The van der Waals surface area contributed by atoms with Crippen LogP contribution in [0.5, 0.6) is 0 Å². The molecule has 2 atom stereocenters. The van der Waals surface area contributed by atoms with Crippen molar-refractivity contribution >= 4 is 11.8 Å². The van der Waals surface area contributed by atoms with Gasteiger partial charge in [-0.3, -0.25) is 0 Å². The first kappa shape index (κ1) is 13.3. The number of hydrogen-bond donors (Lipinski definition) is 3. The molecular weight excluding hydrogens is 208 g/mol. The molecule has 1 aliphatic heterocycles. The highest BCUT2D eigenvalue weighted by Crippen LogP contribution is 2.13. The van der Waals surface area contributed by atoms with Gasteiger partial charge in [-0.25, -0.2) is 0 Å². The summed E-state index contributed by atoms with van der Waals surface area (Å²) in [6.45, 7) is 5.85. The van der Waals surface area contributed by atoms with Crippen molar-refractivity contribution in [1.82, 2.24) is 10.6 Å². The fourth-order valence-corrected chi connectivity index (χ4v) is 2.66. The Hall–Kier alpha value is 0.230. The average Bonchev–Trinajstić information content (AvgIpc) is 2.29. The SMILES string of the molecule is CSC(CO)C(C)NCC1CCNCC1. The standard InChI is InChI=1S/C11H24N2OS/c1-9(11(8-14)15-2)13-7-10-3-5-12-6-4-10/h9-14H,3-8H2,1-2H3. The Labute approximate surface area is 97.4 Å². The molecule has 1 saturated heterocycles. The van der Waals surface area contributed by atoms with E-state index in [0.29, 0.717) is 11.3 Å².